The summed E-state index contributed by atoms with van der Waals surface area (Å²) in [6.45, 7) is 0. The third-order valence-electron chi connectivity index (χ3n) is 8.44. The number of aromatic nitrogens is 5. The predicted molar refractivity (Wildman–Crippen MR) is 185 cm³/mol. The maximum Gasteiger partial charge on any atom is 0.161 e. The van der Waals surface area contributed by atoms with Gasteiger partial charge in [-0.1, -0.05) is 60.7 Å². The van der Waals surface area contributed by atoms with Gasteiger partial charge in [-0.25, -0.2) is 24.9 Å². The summed E-state index contributed by atoms with van der Waals surface area (Å²) in [6.07, 6.45) is 5.76. The molecule has 0 amide bonds. The van der Waals surface area contributed by atoms with Crippen LogP contribution in [0.3, 0.4) is 0 Å². The van der Waals surface area contributed by atoms with E-state index in [1.807, 2.05) is 29.9 Å². The van der Waals surface area contributed by atoms with E-state index in [4.69, 9.17) is 24.9 Å². The highest BCUT2D eigenvalue weighted by atomic mass is 32.1. The van der Waals surface area contributed by atoms with Gasteiger partial charge in [-0.05, 0) is 47.2 Å². The molecule has 5 nitrogen and oxygen atoms in total. The second-order valence-corrected chi connectivity index (χ2v) is 13.1. The monoisotopic (exact) mass is 597 g/mol. The summed E-state index contributed by atoms with van der Waals surface area (Å²) in [5, 5.41) is 8.92. The minimum absolute atomic E-state index is 0.630. The number of rotatable bonds is 2. The molecule has 0 aliphatic carbocycles. The third-order valence-corrected chi connectivity index (χ3v) is 10.7. The molecule has 44 heavy (non-hydrogen) atoms. The lowest BCUT2D eigenvalue weighted by atomic mass is 10.0. The standard InChI is InChI=1S/C37H19N5S2/c1-2-8-23-22(7-1)28-18-38-35(20-13-14-32-26(15-20)24-9-3-5-11-30(24)43-32)41-33(28)34-29(23)19-39-36(42-34)21-16-27-25-10-4-6-12-31(25)44-37(27)40-17-21/h1-19H. The summed E-state index contributed by atoms with van der Waals surface area (Å²) in [4.78, 5) is 25.9. The molecule has 10 aromatic rings. The van der Waals surface area contributed by atoms with Crippen LogP contribution in [0.25, 0.3) is 95.8 Å². The van der Waals surface area contributed by atoms with Crippen molar-refractivity contribution in [2.45, 2.75) is 0 Å². The van der Waals surface area contributed by atoms with E-state index in [1.54, 1.807) is 11.3 Å². The van der Waals surface area contributed by atoms with Crippen molar-refractivity contribution < 1.29 is 0 Å². The fourth-order valence-electron chi connectivity index (χ4n) is 6.35. The number of pyridine rings is 1. The topological polar surface area (TPSA) is 64.5 Å². The van der Waals surface area contributed by atoms with Crippen molar-refractivity contribution in [3.63, 3.8) is 0 Å². The molecule has 0 fully saturated rings. The van der Waals surface area contributed by atoms with Crippen molar-refractivity contribution in [2.24, 2.45) is 0 Å². The number of benzene rings is 5. The lowest BCUT2D eigenvalue weighted by molar-refractivity contribution is 1.21. The fourth-order valence-corrected chi connectivity index (χ4v) is 8.46. The Morgan fingerprint density at radius 1 is 0.386 bits per heavy atom. The molecule has 0 aliphatic heterocycles. The van der Waals surface area contributed by atoms with Crippen LogP contribution >= 0.6 is 22.7 Å². The van der Waals surface area contributed by atoms with Crippen LogP contribution in [-0.2, 0) is 0 Å². The molecule has 7 heteroatoms. The van der Waals surface area contributed by atoms with Crippen molar-refractivity contribution in [1.29, 1.82) is 0 Å². The fraction of sp³-hybridized carbons (Fsp3) is 0. The summed E-state index contributed by atoms with van der Waals surface area (Å²) >= 11 is 3.51. The Morgan fingerprint density at radius 2 is 0.932 bits per heavy atom. The highest BCUT2D eigenvalue weighted by molar-refractivity contribution is 7.26. The van der Waals surface area contributed by atoms with Gasteiger partial charge in [0.1, 0.15) is 15.9 Å². The van der Waals surface area contributed by atoms with Crippen molar-refractivity contribution in [3.8, 4) is 22.8 Å². The van der Waals surface area contributed by atoms with Crippen molar-refractivity contribution in [3.05, 3.63) is 116 Å². The maximum absolute atomic E-state index is 5.20. The van der Waals surface area contributed by atoms with Gasteiger partial charge in [0.15, 0.2) is 11.6 Å². The molecular formula is C37H19N5S2. The lowest BCUT2D eigenvalue weighted by Gasteiger charge is -2.11. The van der Waals surface area contributed by atoms with E-state index < -0.39 is 0 Å². The van der Waals surface area contributed by atoms with E-state index in [0.29, 0.717) is 11.6 Å². The molecule has 5 aromatic heterocycles. The van der Waals surface area contributed by atoms with Gasteiger partial charge in [0.05, 0.1) is 0 Å². The molecule has 0 saturated heterocycles. The molecule has 0 bridgehead atoms. The van der Waals surface area contributed by atoms with Crippen molar-refractivity contribution in [1.82, 2.24) is 24.9 Å². The van der Waals surface area contributed by atoms with Crippen molar-refractivity contribution >= 4 is 95.7 Å². The van der Waals surface area contributed by atoms with Gasteiger partial charge in [-0.3, -0.25) is 0 Å². The molecule has 0 spiro atoms. The van der Waals surface area contributed by atoms with Crippen LogP contribution in [-0.4, -0.2) is 24.9 Å². The molecule has 5 heterocycles. The lowest BCUT2D eigenvalue weighted by Crippen LogP contribution is -1.96. The SMILES string of the molecule is c1ccc2c(c1)sc1ccc(-c3ncc4c5ccccc5c5cnc(-c6cnc7sc8ccccc8c7c6)nc5c4n3)cc12. The van der Waals surface area contributed by atoms with Crippen molar-refractivity contribution in [2.75, 3.05) is 0 Å². The van der Waals surface area contributed by atoms with E-state index in [9.17, 15) is 0 Å². The van der Waals surface area contributed by atoms with Gasteiger partial charge < -0.3 is 0 Å². The van der Waals surface area contributed by atoms with E-state index in [-0.39, 0.29) is 0 Å². The van der Waals surface area contributed by atoms with Crippen LogP contribution in [0, 0.1) is 0 Å². The van der Waals surface area contributed by atoms with Crippen LogP contribution < -0.4 is 0 Å². The molecule has 0 unspecified atom stereocenters. The Balaban J connectivity index is 1.22. The van der Waals surface area contributed by atoms with Gasteiger partial charge >= 0.3 is 0 Å². The van der Waals surface area contributed by atoms with Crippen LogP contribution in [0.15, 0.2) is 116 Å². The first-order chi connectivity index (χ1) is 21.8. The summed E-state index contributed by atoms with van der Waals surface area (Å²) < 4.78 is 3.76. The molecule has 0 saturated carbocycles. The molecule has 0 radical (unpaired) electrons. The van der Waals surface area contributed by atoms with Crippen LogP contribution in [0.1, 0.15) is 0 Å². The average Bonchev–Trinajstić information content (AvgIpc) is 3.65. The zero-order valence-corrected chi connectivity index (χ0v) is 24.7. The first kappa shape index (κ1) is 24.1. The Hall–Kier alpha value is -5.37. The van der Waals surface area contributed by atoms with E-state index >= 15 is 0 Å². The Kier molecular flexibility index (Phi) is 4.97. The second-order valence-electron chi connectivity index (χ2n) is 10.9. The number of hydrogen-bond donors (Lipinski definition) is 0. The molecule has 5 aromatic carbocycles. The summed E-state index contributed by atoms with van der Waals surface area (Å²) in [7, 11) is 0. The van der Waals surface area contributed by atoms with E-state index in [1.165, 1.54) is 30.3 Å². The molecule has 0 aliphatic rings. The number of nitrogens with zero attached hydrogens (tertiary/aromatic N) is 5. The molecular weight excluding hydrogens is 579 g/mol. The summed E-state index contributed by atoms with van der Waals surface area (Å²) in [6, 6.07) is 34.0. The quantitative estimate of drug-likeness (QED) is 0.186. The van der Waals surface area contributed by atoms with Gasteiger partial charge in [0.25, 0.3) is 0 Å². The molecule has 204 valence electrons. The Labute approximate surface area is 258 Å². The number of thiophene rings is 2. The first-order valence-corrected chi connectivity index (χ1v) is 16.0. The highest BCUT2D eigenvalue weighted by Gasteiger charge is 2.17. The van der Waals surface area contributed by atoms with Gasteiger partial charge in [0.2, 0.25) is 0 Å². The predicted octanol–water partition coefficient (Wildman–Crippen LogP) is 10.2. The minimum atomic E-state index is 0.630. The second kappa shape index (κ2) is 9.07. The highest BCUT2D eigenvalue weighted by Crippen LogP contribution is 2.38. The van der Waals surface area contributed by atoms with E-state index in [2.05, 4.69) is 97.1 Å². The van der Waals surface area contributed by atoms with Gasteiger partial charge in [-0.2, -0.15) is 0 Å². The van der Waals surface area contributed by atoms with Crippen LogP contribution in [0.4, 0.5) is 0 Å². The molecule has 0 atom stereocenters. The average molecular weight is 598 g/mol. The zero-order chi connectivity index (χ0) is 28.8. The first-order valence-electron chi connectivity index (χ1n) is 14.3. The van der Waals surface area contributed by atoms with Crippen LogP contribution in [0.2, 0.25) is 0 Å². The normalized spacial score (nSPS) is 12.1. The van der Waals surface area contributed by atoms with Gasteiger partial charge in [0, 0.05) is 76.1 Å². The summed E-state index contributed by atoms with van der Waals surface area (Å²) in [5.74, 6) is 1.31. The largest absolute Gasteiger partial charge is 0.245 e. The smallest absolute Gasteiger partial charge is 0.161 e. The zero-order valence-electron chi connectivity index (χ0n) is 23.0. The summed E-state index contributed by atoms with van der Waals surface area (Å²) in [5.41, 5.74) is 3.49. The van der Waals surface area contributed by atoms with Gasteiger partial charge in [-0.15, -0.1) is 22.7 Å². The maximum atomic E-state index is 5.20. The minimum Gasteiger partial charge on any atom is -0.245 e. The van der Waals surface area contributed by atoms with Crippen LogP contribution in [0.5, 0.6) is 0 Å². The Morgan fingerprint density at radius 3 is 1.64 bits per heavy atom. The third kappa shape index (κ3) is 3.48. The molecule has 0 N–H and O–H groups in total. The number of fused-ring (bicyclic) bond motifs is 12. The Bertz CT molecular complexity index is 2610. The van der Waals surface area contributed by atoms with E-state index in [0.717, 1.165) is 53.9 Å². The molecule has 10 rings (SSSR count). The number of hydrogen-bond acceptors (Lipinski definition) is 7.